The van der Waals surface area contributed by atoms with Crippen molar-refractivity contribution in [2.45, 2.75) is 6.92 Å². The van der Waals surface area contributed by atoms with E-state index >= 15 is 4.39 Å². The first-order valence-electron chi connectivity index (χ1n) is 10.2. The molecule has 0 spiro atoms. The first-order valence-corrected chi connectivity index (χ1v) is 10.2. The molecule has 158 valence electrons. The maximum Gasteiger partial charge on any atom is 0.317 e. The van der Waals surface area contributed by atoms with Gasteiger partial charge in [-0.05, 0) is 30.7 Å². The number of anilines is 3. The Kier molecular flexibility index (Phi) is 3.86. The Morgan fingerprint density at radius 1 is 0.938 bits per heavy atom. The van der Waals surface area contributed by atoms with Crippen LogP contribution < -0.4 is 10.2 Å². The molecule has 3 aromatic heterocycles. The minimum absolute atomic E-state index is 0.295. The monoisotopic (exact) mass is 426 g/mol. The van der Waals surface area contributed by atoms with Gasteiger partial charge in [0.05, 0.1) is 11.4 Å². The molecule has 0 unspecified atom stereocenters. The van der Waals surface area contributed by atoms with Crippen LogP contribution >= 0.6 is 0 Å². The van der Waals surface area contributed by atoms with Gasteiger partial charge in [0.25, 0.3) is 0 Å². The number of benzene rings is 2. The molecule has 6 rings (SSSR count). The van der Waals surface area contributed by atoms with Gasteiger partial charge < -0.3 is 14.6 Å². The number of hydrogen-bond donors (Lipinski definition) is 1. The fraction of sp³-hybridized carbons (Fsp3) is 0.125. The molecule has 32 heavy (non-hydrogen) atoms. The van der Waals surface area contributed by atoms with Gasteiger partial charge in [0.1, 0.15) is 23.0 Å². The van der Waals surface area contributed by atoms with Crippen molar-refractivity contribution in [2.75, 3.05) is 24.3 Å². The van der Waals surface area contributed by atoms with Gasteiger partial charge in [-0.2, -0.15) is 0 Å². The van der Waals surface area contributed by atoms with Crippen LogP contribution in [0.25, 0.3) is 39.6 Å². The number of hydrogen-bond acceptors (Lipinski definition) is 6. The second-order valence-corrected chi connectivity index (χ2v) is 7.98. The molecule has 1 N–H and O–H groups in total. The van der Waals surface area contributed by atoms with Gasteiger partial charge in [-0.1, -0.05) is 41.5 Å². The molecule has 0 bridgehead atoms. The number of nitrogens with one attached hydrogen (secondary N) is 1. The number of imidazole rings is 1. The highest BCUT2D eigenvalue weighted by Gasteiger charge is 2.28. The van der Waals surface area contributed by atoms with Gasteiger partial charge in [0.2, 0.25) is 5.89 Å². The predicted octanol–water partition coefficient (Wildman–Crippen LogP) is 5.29. The van der Waals surface area contributed by atoms with Crippen LogP contribution in [0.2, 0.25) is 0 Å². The van der Waals surface area contributed by atoms with Crippen LogP contribution in [0, 0.1) is 12.7 Å². The Balaban J connectivity index is 1.63. The van der Waals surface area contributed by atoms with Crippen molar-refractivity contribution >= 4 is 23.2 Å². The van der Waals surface area contributed by atoms with Crippen molar-refractivity contribution in [3.8, 4) is 34.0 Å². The van der Waals surface area contributed by atoms with E-state index in [1.165, 1.54) is 6.07 Å². The fourth-order valence-corrected chi connectivity index (χ4v) is 4.19. The Labute approximate surface area is 183 Å². The molecule has 1 aliphatic rings. The van der Waals surface area contributed by atoms with Gasteiger partial charge in [-0.3, -0.25) is 4.40 Å². The highest BCUT2D eigenvalue weighted by Crippen LogP contribution is 2.45. The summed E-state index contributed by atoms with van der Waals surface area (Å²) in [6.45, 7) is 2.00. The lowest BCUT2D eigenvalue weighted by atomic mass is 10.0. The normalized spacial score (nSPS) is 12.0. The number of aromatic nitrogens is 4. The lowest BCUT2D eigenvalue weighted by Gasteiger charge is -2.23. The van der Waals surface area contributed by atoms with Gasteiger partial charge in [0.15, 0.2) is 0 Å². The smallest absolute Gasteiger partial charge is 0.317 e. The van der Waals surface area contributed by atoms with Crippen LogP contribution in [0.15, 0.2) is 59.0 Å². The molecular formula is C24H19FN6O. The van der Waals surface area contributed by atoms with E-state index < -0.39 is 0 Å². The van der Waals surface area contributed by atoms with E-state index in [9.17, 15) is 0 Å². The molecule has 8 heteroatoms. The van der Waals surface area contributed by atoms with Crippen LogP contribution in [0.4, 0.5) is 21.9 Å². The summed E-state index contributed by atoms with van der Waals surface area (Å²) < 4.78 is 22.8. The molecule has 2 aromatic carbocycles. The third kappa shape index (κ3) is 2.56. The minimum atomic E-state index is -0.295. The molecule has 0 atom stereocenters. The fourth-order valence-electron chi connectivity index (χ4n) is 4.19. The lowest BCUT2D eigenvalue weighted by molar-refractivity contribution is 0.566. The number of pyridine rings is 1. The van der Waals surface area contributed by atoms with Crippen molar-refractivity contribution in [3.63, 3.8) is 0 Å². The molecule has 0 fully saturated rings. The molecule has 5 aromatic rings. The molecule has 0 amide bonds. The molecule has 1 aliphatic heterocycles. The van der Waals surface area contributed by atoms with Crippen molar-refractivity contribution in [1.82, 2.24) is 19.6 Å². The van der Waals surface area contributed by atoms with Crippen molar-refractivity contribution < 1.29 is 8.81 Å². The number of halogens is 1. The third-order valence-corrected chi connectivity index (χ3v) is 5.71. The molecular weight excluding hydrogens is 407 g/mol. The molecule has 4 heterocycles. The zero-order valence-electron chi connectivity index (χ0n) is 17.7. The van der Waals surface area contributed by atoms with E-state index in [1.807, 2.05) is 67.9 Å². The number of fused-ring (bicyclic) bond motifs is 2. The highest BCUT2D eigenvalue weighted by atomic mass is 19.1. The number of para-hydroxylation sites is 1. The van der Waals surface area contributed by atoms with Crippen LogP contribution in [-0.4, -0.2) is 33.7 Å². The number of aryl methyl sites for hydroxylation is 1. The molecule has 0 aliphatic carbocycles. The average molecular weight is 426 g/mol. The molecule has 7 nitrogen and oxygen atoms in total. The summed E-state index contributed by atoms with van der Waals surface area (Å²) in [5, 5.41) is 11.8. The van der Waals surface area contributed by atoms with Gasteiger partial charge in [0, 0.05) is 30.8 Å². The van der Waals surface area contributed by atoms with Crippen LogP contribution in [-0.2, 0) is 0 Å². The molecule has 0 saturated carbocycles. The maximum absolute atomic E-state index is 15.1. The standard InChI is InChI=1S/C24H19FN6O/c1-13-7-6-10-16-19(13)27-22-20(26-18-12-11-17(25)21(16)31(18)22)14-8-4-5-9-15(14)23-28-29-24(32-23)30(2)3/h4-12,27H,1-3H3. The zero-order chi connectivity index (χ0) is 22.0. The minimum Gasteiger partial charge on any atom is -0.403 e. The molecule has 0 saturated heterocycles. The van der Waals surface area contributed by atoms with Gasteiger partial charge in [-0.15, -0.1) is 5.10 Å². The lowest BCUT2D eigenvalue weighted by Crippen LogP contribution is -2.10. The Hall–Kier alpha value is -4.20. The van der Waals surface area contributed by atoms with Gasteiger partial charge in [-0.25, -0.2) is 9.37 Å². The third-order valence-electron chi connectivity index (χ3n) is 5.71. The number of nitrogens with zero attached hydrogens (tertiary/aromatic N) is 5. The topological polar surface area (TPSA) is 71.5 Å². The van der Waals surface area contributed by atoms with Crippen molar-refractivity contribution in [1.29, 1.82) is 0 Å². The summed E-state index contributed by atoms with van der Waals surface area (Å²) in [5.41, 5.74) is 6.12. The predicted molar refractivity (Wildman–Crippen MR) is 122 cm³/mol. The molecule has 0 radical (unpaired) electrons. The Bertz CT molecular complexity index is 1520. The van der Waals surface area contributed by atoms with Crippen LogP contribution in [0.5, 0.6) is 0 Å². The summed E-state index contributed by atoms with van der Waals surface area (Å²) in [5.74, 6) is 0.806. The summed E-state index contributed by atoms with van der Waals surface area (Å²) >= 11 is 0. The average Bonchev–Trinajstić information content (AvgIpc) is 3.42. The van der Waals surface area contributed by atoms with Crippen molar-refractivity contribution in [2.24, 2.45) is 0 Å². The van der Waals surface area contributed by atoms with E-state index in [2.05, 4.69) is 15.5 Å². The van der Waals surface area contributed by atoms with E-state index in [1.54, 1.807) is 11.0 Å². The van der Waals surface area contributed by atoms with Gasteiger partial charge >= 0.3 is 6.01 Å². The SMILES string of the molecule is Cc1cccc2c1Nc1c(-c3ccccc3-c3nnc(N(C)C)o3)nc3ccc(F)c-2n13. The second-order valence-electron chi connectivity index (χ2n) is 7.98. The Morgan fingerprint density at radius 3 is 2.50 bits per heavy atom. The highest BCUT2D eigenvalue weighted by molar-refractivity contribution is 5.94. The van der Waals surface area contributed by atoms with Crippen LogP contribution in [0.3, 0.4) is 0 Å². The quantitative estimate of drug-likeness (QED) is 0.415. The van der Waals surface area contributed by atoms with Crippen LogP contribution in [0.1, 0.15) is 5.56 Å². The maximum atomic E-state index is 15.1. The van der Waals surface area contributed by atoms with E-state index in [0.717, 1.165) is 27.9 Å². The summed E-state index contributed by atoms with van der Waals surface area (Å²) in [6.07, 6.45) is 0. The van der Waals surface area contributed by atoms with E-state index in [4.69, 9.17) is 9.40 Å². The summed E-state index contributed by atoms with van der Waals surface area (Å²) in [6, 6.07) is 17.2. The van der Waals surface area contributed by atoms with E-state index in [0.29, 0.717) is 34.8 Å². The van der Waals surface area contributed by atoms with E-state index in [-0.39, 0.29) is 5.82 Å². The Morgan fingerprint density at radius 2 is 1.72 bits per heavy atom. The largest absolute Gasteiger partial charge is 0.403 e. The summed E-state index contributed by atoms with van der Waals surface area (Å²) in [4.78, 5) is 6.62. The summed E-state index contributed by atoms with van der Waals surface area (Å²) in [7, 11) is 3.68. The van der Waals surface area contributed by atoms with Crippen molar-refractivity contribution in [3.05, 3.63) is 66.0 Å². The second kappa shape index (κ2) is 6.65. The number of rotatable bonds is 3. The first-order chi connectivity index (χ1) is 15.5. The first kappa shape index (κ1) is 18.6. The zero-order valence-corrected chi connectivity index (χ0v) is 17.7.